The molecule has 0 saturated carbocycles. The Morgan fingerprint density at radius 2 is 2.10 bits per heavy atom. The molecule has 21 heavy (non-hydrogen) atoms. The average Bonchev–Trinajstić information content (AvgIpc) is 2.40. The number of nitrogens with zero attached hydrogens (tertiary/aromatic N) is 2. The Morgan fingerprint density at radius 3 is 2.67 bits per heavy atom. The van der Waals surface area contributed by atoms with Gasteiger partial charge in [-0.1, -0.05) is 33.6 Å². The Kier molecular flexibility index (Phi) is 7.29. The highest BCUT2D eigenvalue weighted by Gasteiger charge is 2.16. The first kappa shape index (κ1) is 17.6. The van der Waals surface area contributed by atoms with Crippen molar-refractivity contribution in [2.24, 2.45) is 11.7 Å². The lowest BCUT2D eigenvalue weighted by atomic mass is 10.0. The van der Waals surface area contributed by atoms with E-state index in [2.05, 4.69) is 22.2 Å². The lowest BCUT2D eigenvalue weighted by Crippen LogP contribution is -2.37. The molecule has 0 spiro atoms. The van der Waals surface area contributed by atoms with E-state index in [-0.39, 0.29) is 5.91 Å². The molecule has 0 fully saturated rings. The number of unbranched alkanes of at least 4 members (excludes halogenated alkanes) is 2. The molecule has 1 aromatic rings. The number of rotatable bonds is 8. The summed E-state index contributed by atoms with van der Waals surface area (Å²) in [6, 6.07) is -0.516. The SMILES string of the molecule is CCCCCc1cnc(NC(=O)C(N)CC(C)C)nc1C. The Morgan fingerprint density at radius 1 is 1.38 bits per heavy atom. The number of hydrogen-bond acceptors (Lipinski definition) is 4. The molecule has 1 heterocycles. The lowest BCUT2D eigenvalue weighted by molar-refractivity contribution is -0.117. The van der Waals surface area contributed by atoms with Crippen molar-refractivity contribution in [1.82, 2.24) is 9.97 Å². The first-order valence-electron chi connectivity index (χ1n) is 7.83. The molecule has 5 nitrogen and oxygen atoms in total. The maximum atomic E-state index is 11.9. The Balaban J connectivity index is 2.60. The maximum Gasteiger partial charge on any atom is 0.243 e. The van der Waals surface area contributed by atoms with Gasteiger partial charge in [0, 0.05) is 11.9 Å². The fourth-order valence-electron chi connectivity index (χ4n) is 2.18. The predicted molar refractivity (Wildman–Crippen MR) is 86.1 cm³/mol. The van der Waals surface area contributed by atoms with Crippen molar-refractivity contribution < 1.29 is 4.79 Å². The molecule has 1 unspecified atom stereocenters. The largest absolute Gasteiger partial charge is 0.320 e. The standard InChI is InChI=1S/C16H28N4O/c1-5-6-7-8-13-10-18-16(19-12(13)4)20-15(21)14(17)9-11(2)3/h10-11,14H,5-9,17H2,1-4H3,(H,18,19,20,21). The van der Waals surface area contributed by atoms with Crippen molar-refractivity contribution >= 4 is 11.9 Å². The quantitative estimate of drug-likeness (QED) is 0.722. The second-order valence-electron chi connectivity index (χ2n) is 5.99. The molecular formula is C16H28N4O. The van der Waals surface area contributed by atoms with Gasteiger partial charge in [-0.25, -0.2) is 9.97 Å². The van der Waals surface area contributed by atoms with Gasteiger partial charge in [-0.05, 0) is 37.7 Å². The topological polar surface area (TPSA) is 80.9 Å². The van der Waals surface area contributed by atoms with E-state index in [0.29, 0.717) is 18.3 Å². The summed E-state index contributed by atoms with van der Waals surface area (Å²) < 4.78 is 0. The number of nitrogens with two attached hydrogens (primary N) is 1. The zero-order valence-corrected chi connectivity index (χ0v) is 13.6. The number of carbonyl (C=O) groups is 1. The van der Waals surface area contributed by atoms with E-state index < -0.39 is 6.04 Å². The van der Waals surface area contributed by atoms with Crippen LogP contribution in [0.4, 0.5) is 5.95 Å². The summed E-state index contributed by atoms with van der Waals surface area (Å²) in [6.07, 6.45) is 7.00. The van der Waals surface area contributed by atoms with Gasteiger partial charge in [-0.15, -0.1) is 0 Å². The number of aryl methyl sites for hydroxylation is 2. The third-order valence-electron chi connectivity index (χ3n) is 3.43. The highest BCUT2D eigenvalue weighted by Crippen LogP contribution is 2.12. The fraction of sp³-hybridized carbons (Fsp3) is 0.688. The summed E-state index contributed by atoms with van der Waals surface area (Å²) in [4.78, 5) is 20.5. The minimum Gasteiger partial charge on any atom is -0.320 e. The molecule has 1 rings (SSSR count). The van der Waals surface area contributed by atoms with Crippen molar-refractivity contribution in [2.75, 3.05) is 5.32 Å². The molecule has 0 aliphatic carbocycles. The van der Waals surface area contributed by atoms with Crippen LogP contribution in [0.3, 0.4) is 0 Å². The first-order valence-corrected chi connectivity index (χ1v) is 7.83. The third-order valence-corrected chi connectivity index (χ3v) is 3.43. The van der Waals surface area contributed by atoms with E-state index in [1.165, 1.54) is 12.8 Å². The minimum atomic E-state index is -0.516. The van der Waals surface area contributed by atoms with Crippen LogP contribution in [-0.2, 0) is 11.2 Å². The number of aromatic nitrogens is 2. The van der Waals surface area contributed by atoms with Crippen LogP contribution in [0.2, 0.25) is 0 Å². The molecule has 3 N–H and O–H groups in total. The molecular weight excluding hydrogens is 264 g/mol. The Labute approximate surface area is 127 Å². The molecule has 0 bridgehead atoms. The van der Waals surface area contributed by atoms with Gasteiger partial charge >= 0.3 is 0 Å². The zero-order chi connectivity index (χ0) is 15.8. The zero-order valence-electron chi connectivity index (χ0n) is 13.6. The number of amides is 1. The van der Waals surface area contributed by atoms with E-state index >= 15 is 0 Å². The van der Waals surface area contributed by atoms with Crippen LogP contribution in [0.1, 0.15) is 57.7 Å². The van der Waals surface area contributed by atoms with E-state index in [1.54, 1.807) is 0 Å². The number of anilines is 1. The first-order chi connectivity index (χ1) is 9.93. The van der Waals surface area contributed by atoms with Gasteiger partial charge in [0.2, 0.25) is 11.9 Å². The molecule has 0 radical (unpaired) electrons. The molecule has 0 aliphatic heterocycles. The number of hydrogen-bond donors (Lipinski definition) is 2. The average molecular weight is 292 g/mol. The molecule has 118 valence electrons. The van der Waals surface area contributed by atoms with Gasteiger partial charge in [0.15, 0.2) is 0 Å². The fourth-order valence-corrected chi connectivity index (χ4v) is 2.18. The molecule has 0 saturated heterocycles. The summed E-state index contributed by atoms with van der Waals surface area (Å²) in [6.45, 7) is 8.22. The van der Waals surface area contributed by atoms with E-state index in [0.717, 1.165) is 24.1 Å². The summed E-state index contributed by atoms with van der Waals surface area (Å²) in [5, 5.41) is 2.70. The van der Waals surface area contributed by atoms with Gasteiger partial charge in [-0.3, -0.25) is 10.1 Å². The monoisotopic (exact) mass is 292 g/mol. The van der Waals surface area contributed by atoms with Crippen LogP contribution < -0.4 is 11.1 Å². The Bertz CT molecular complexity index is 460. The lowest BCUT2D eigenvalue weighted by Gasteiger charge is -2.14. The van der Waals surface area contributed by atoms with Crippen molar-refractivity contribution in [3.8, 4) is 0 Å². The van der Waals surface area contributed by atoms with Crippen LogP contribution in [-0.4, -0.2) is 21.9 Å². The van der Waals surface area contributed by atoms with E-state index in [1.807, 2.05) is 27.0 Å². The van der Waals surface area contributed by atoms with Gasteiger partial charge in [0.1, 0.15) is 0 Å². The van der Waals surface area contributed by atoms with Gasteiger partial charge in [-0.2, -0.15) is 0 Å². The normalized spacial score (nSPS) is 12.5. The molecule has 1 aromatic heterocycles. The number of carbonyl (C=O) groups excluding carboxylic acids is 1. The van der Waals surface area contributed by atoms with Crippen LogP contribution in [0, 0.1) is 12.8 Å². The summed E-state index contributed by atoms with van der Waals surface area (Å²) in [7, 11) is 0. The van der Waals surface area contributed by atoms with Crippen molar-refractivity contribution in [3.05, 3.63) is 17.5 Å². The maximum absolute atomic E-state index is 11.9. The van der Waals surface area contributed by atoms with Gasteiger partial charge in [0.05, 0.1) is 6.04 Å². The highest BCUT2D eigenvalue weighted by molar-refractivity contribution is 5.93. The van der Waals surface area contributed by atoms with Crippen molar-refractivity contribution in [2.45, 2.75) is 65.8 Å². The van der Waals surface area contributed by atoms with E-state index in [4.69, 9.17) is 5.73 Å². The molecule has 1 atom stereocenters. The van der Waals surface area contributed by atoms with Crippen LogP contribution >= 0.6 is 0 Å². The smallest absolute Gasteiger partial charge is 0.243 e. The molecule has 5 heteroatoms. The highest BCUT2D eigenvalue weighted by atomic mass is 16.2. The van der Waals surface area contributed by atoms with Crippen LogP contribution in [0.15, 0.2) is 6.20 Å². The predicted octanol–water partition coefficient (Wildman–Crippen LogP) is 2.83. The van der Waals surface area contributed by atoms with E-state index in [9.17, 15) is 4.79 Å². The Hall–Kier alpha value is -1.49. The van der Waals surface area contributed by atoms with Crippen molar-refractivity contribution in [1.29, 1.82) is 0 Å². The van der Waals surface area contributed by atoms with Crippen molar-refractivity contribution in [3.63, 3.8) is 0 Å². The number of nitrogens with one attached hydrogen (secondary N) is 1. The minimum absolute atomic E-state index is 0.221. The second-order valence-corrected chi connectivity index (χ2v) is 5.99. The summed E-state index contributed by atoms with van der Waals surface area (Å²) >= 11 is 0. The summed E-state index contributed by atoms with van der Waals surface area (Å²) in [5.41, 5.74) is 7.92. The van der Waals surface area contributed by atoms with Gasteiger partial charge < -0.3 is 5.73 Å². The van der Waals surface area contributed by atoms with Crippen LogP contribution in [0.5, 0.6) is 0 Å². The van der Waals surface area contributed by atoms with Gasteiger partial charge in [0.25, 0.3) is 0 Å². The van der Waals surface area contributed by atoms with Crippen LogP contribution in [0.25, 0.3) is 0 Å². The summed E-state index contributed by atoms with van der Waals surface area (Å²) in [5.74, 6) is 0.507. The molecule has 0 aromatic carbocycles. The molecule has 0 aliphatic rings. The second kappa shape index (κ2) is 8.72. The molecule has 1 amide bonds. The third kappa shape index (κ3) is 6.21.